The molecule has 6 nitrogen and oxygen atoms in total. The van der Waals surface area contributed by atoms with Gasteiger partial charge in [-0.25, -0.2) is 0 Å². The number of nitrogen functional groups attached to an aromatic ring is 2. The van der Waals surface area contributed by atoms with Gasteiger partial charge in [0.2, 0.25) is 0 Å². The molecule has 2 aromatic heterocycles. The number of aryl methyl sites for hydroxylation is 2. The first-order valence-electron chi connectivity index (χ1n) is 15.7. The number of nitrogens with two attached hydrogens (primary N) is 2. The van der Waals surface area contributed by atoms with Crippen molar-refractivity contribution < 1.29 is 9.47 Å². The molecule has 0 aliphatic rings. The molecule has 0 aliphatic heterocycles. The molecule has 0 bridgehead atoms. The van der Waals surface area contributed by atoms with E-state index in [-0.39, 0.29) is 0 Å². The SMILES string of the molecule is CCn1c2ccc(Oc3ccc(N)cc3)cc2c2cc(-c3ccc4c(c3)c3cc(Oc5ccc(N)cc5)ccc3n4CC)ccc21. The van der Waals surface area contributed by atoms with Crippen LogP contribution in [0.3, 0.4) is 0 Å². The number of aromatic nitrogens is 2. The number of hydrogen-bond donors (Lipinski definition) is 2. The first kappa shape index (κ1) is 27.7. The summed E-state index contributed by atoms with van der Waals surface area (Å²) in [5.74, 6) is 3.11. The molecule has 6 heteroatoms. The summed E-state index contributed by atoms with van der Waals surface area (Å²) in [4.78, 5) is 0. The number of fused-ring (bicyclic) bond motifs is 6. The van der Waals surface area contributed by atoms with E-state index in [4.69, 9.17) is 20.9 Å². The third kappa shape index (κ3) is 4.66. The van der Waals surface area contributed by atoms with Crippen molar-refractivity contribution in [2.24, 2.45) is 0 Å². The van der Waals surface area contributed by atoms with E-state index in [0.717, 1.165) is 36.1 Å². The van der Waals surface area contributed by atoms with Gasteiger partial charge in [0.25, 0.3) is 0 Å². The molecule has 46 heavy (non-hydrogen) atoms. The number of nitrogens with zero attached hydrogens (tertiary/aromatic N) is 2. The fraction of sp³-hybridized carbons (Fsp3) is 0.100. The molecule has 0 spiro atoms. The molecule has 0 saturated carbocycles. The minimum atomic E-state index is 0.714. The zero-order valence-electron chi connectivity index (χ0n) is 25.8. The summed E-state index contributed by atoms with van der Waals surface area (Å²) < 4.78 is 17.2. The number of hydrogen-bond acceptors (Lipinski definition) is 4. The summed E-state index contributed by atoms with van der Waals surface area (Å²) in [7, 11) is 0. The first-order chi connectivity index (χ1) is 22.5. The largest absolute Gasteiger partial charge is 0.457 e. The van der Waals surface area contributed by atoms with E-state index in [1.807, 2.05) is 60.7 Å². The van der Waals surface area contributed by atoms with Crippen LogP contribution >= 0.6 is 0 Å². The van der Waals surface area contributed by atoms with Crippen molar-refractivity contribution in [3.8, 4) is 34.1 Å². The Labute approximate surface area is 267 Å². The highest BCUT2D eigenvalue weighted by Gasteiger charge is 2.15. The summed E-state index contributed by atoms with van der Waals surface area (Å²) >= 11 is 0. The van der Waals surface area contributed by atoms with Gasteiger partial charge in [-0.05, 0) is 134 Å². The highest BCUT2D eigenvalue weighted by Crippen LogP contribution is 2.39. The third-order valence-electron chi connectivity index (χ3n) is 8.87. The lowest BCUT2D eigenvalue weighted by Crippen LogP contribution is -1.93. The highest BCUT2D eigenvalue weighted by atomic mass is 16.5. The van der Waals surface area contributed by atoms with E-state index in [1.165, 1.54) is 54.7 Å². The zero-order valence-corrected chi connectivity index (χ0v) is 25.8. The molecule has 0 amide bonds. The van der Waals surface area contributed by atoms with Gasteiger partial charge in [0.15, 0.2) is 0 Å². The molecule has 4 N–H and O–H groups in total. The zero-order chi connectivity index (χ0) is 31.4. The van der Waals surface area contributed by atoms with Gasteiger partial charge in [-0.2, -0.15) is 0 Å². The smallest absolute Gasteiger partial charge is 0.128 e. The predicted molar refractivity (Wildman–Crippen MR) is 191 cm³/mol. The Balaban J connectivity index is 1.23. The second-order valence-electron chi connectivity index (χ2n) is 11.7. The molecule has 226 valence electrons. The van der Waals surface area contributed by atoms with E-state index in [9.17, 15) is 0 Å². The monoisotopic (exact) mass is 602 g/mol. The van der Waals surface area contributed by atoms with Gasteiger partial charge in [0.05, 0.1) is 0 Å². The Morgan fingerprint density at radius 2 is 0.739 bits per heavy atom. The minimum Gasteiger partial charge on any atom is -0.457 e. The van der Waals surface area contributed by atoms with E-state index in [2.05, 4.69) is 83.6 Å². The van der Waals surface area contributed by atoms with Crippen LogP contribution in [-0.4, -0.2) is 9.13 Å². The molecule has 8 rings (SSSR count). The van der Waals surface area contributed by atoms with Gasteiger partial charge in [0, 0.05) is 68.1 Å². The molecule has 8 aromatic rings. The molecule has 0 atom stereocenters. The van der Waals surface area contributed by atoms with Crippen LogP contribution < -0.4 is 20.9 Å². The van der Waals surface area contributed by atoms with Gasteiger partial charge in [-0.3, -0.25) is 0 Å². The summed E-state index contributed by atoms with van der Waals surface area (Å²) in [5.41, 5.74) is 20.3. The van der Waals surface area contributed by atoms with Crippen molar-refractivity contribution in [3.05, 3.63) is 121 Å². The van der Waals surface area contributed by atoms with E-state index in [0.29, 0.717) is 11.4 Å². The minimum absolute atomic E-state index is 0.714. The van der Waals surface area contributed by atoms with Crippen LogP contribution in [0.15, 0.2) is 121 Å². The van der Waals surface area contributed by atoms with Crippen LogP contribution in [0.1, 0.15) is 13.8 Å². The molecule has 6 aromatic carbocycles. The molecule has 0 fully saturated rings. The van der Waals surface area contributed by atoms with Gasteiger partial charge in [0.1, 0.15) is 23.0 Å². The summed E-state index contributed by atoms with van der Waals surface area (Å²) in [6.07, 6.45) is 0. The molecular formula is C40H34N4O2. The Kier molecular flexibility index (Phi) is 6.57. The van der Waals surface area contributed by atoms with Gasteiger partial charge in [-0.1, -0.05) is 12.1 Å². The quantitative estimate of drug-likeness (QED) is 0.178. The van der Waals surface area contributed by atoms with Gasteiger partial charge < -0.3 is 30.1 Å². The second kappa shape index (κ2) is 10.9. The first-order valence-corrected chi connectivity index (χ1v) is 15.7. The van der Waals surface area contributed by atoms with Crippen molar-refractivity contribution in [2.75, 3.05) is 11.5 Å². The van der Waals surface area contributed by atoms with Crippen LogP contribution in [0, 0.1) is 0 Å². The number of benzene rings is 6. The normalized spacial score (nSPS) is 11.6. The van der Waals surface area contributed by atoms with E-state index >= 15 is 0 Å². The molecular weight excluding hydrogens is 568 g/mol. The lowest BCUT2D eigenvalue weighted by atomic mass is 10.0. The summed E-state index contributed by atoms with van der Waals surface area (Å²) in [6, 6.07) is 41.2. The maximum Gasteiger partial charge on any atom is 0.128 e. The Morgan fingerprint density at radius 1 is 0.413 bits per heavy atom. The number of ether oxygens (including phenoxy) is 2. The fourth-order valence-corrected chi connectivity index (χ4v) is 6.68. The molecule has 0 aliphatic carbocycles. The standard InChI is InChI=1S/C40H34N4O2/c1-3-43-37-17-5-25(21-33(37)35-23-31(15-19-39(35)43)45-29-11-7-27(41)8-12-29)26-6-18-38-34(22-26)36-24-32(16-20-40(36)44(38)4-2)46-30-13-9-28(42)10-14-30/h5-24H,3-4,41-42H2,1-2H3. The van der Waals surface area contributed by atoms with Crippen LogP contribution in [0.2, 0.25) is 0 Å². The highest BCUT2D eigenvalue weighted by molar-refractivity contribution is 6.12. The lowest BCUT2D eigenvalue weighted by molar-refractivity contribution is 0.483. The van der Waals surface area contributed by atoms with Crippen LogP contribution in [-0.2, 0) is 13.1 Å². The Hall–Kier alpha value is -5.88. The molecule has 2 heterocycles. The lowest BCUT2D eigenvalue weighted by Gasteiger charge is -2.07. The van der Waals surface area contributed by atoms with E-state index in [1.54, 1.807) is 0 Å². The molecule has 0 radical (unpaired) electrons. The topological polar surface area (TPSA) is 80.4 Å². The molecule has 0 saturated heterocycles. The average molecular weight is 603 g/mol. The third-order valence-corrected chi connectivity index (χ3v) is 8.87. The Morgan fingerprint density at radius 3 is 1.11 bits per heavy atom. The predicted octanol–water partition coefficient (Wildman–Crippen LogP) is 10.4. The number of anilines is 2. The average Bonchev–Trinajstić information content (AvgIpc) is 3.57. The second-order valence-corrected chi connectivity index (χ2v) is 11.7. The fourth-order valence-electron chi connectivity index (χ4n) is 6.68. The molecule has 0 unspecified atom stereocenters. The maximum atomic E-state index is 6.22. The summed E-state index contributed by atoms with van der Waals surface area (Å²) in [6.45, 7) is 6.13. The number of rotatable bonds is 7. The summed E-state index contributed by atoms with van der Waals surface area (Å²) in [5, 5.41) is 4.74. The van der Waals surface area contributed by atoms with Gasteiger partial charge >= 0.3 is 0 Å². The van der Waals surface area contributed by atoms with Crippen molar-refractivity contribution in [1.82, 2.24) is 9.13 Å². The maximum absolute atomic E-state index is 6.22. The van der Waals surface area contributed by atoms with Crippen molar-refractivity contribution in [3.63, 3.8) is 0 Å². The van der Waals surface area contributed by atoms with Crippen molar-refractivity contribution in [1.29, 1.82) is 0 Å². The Bertz CT molecular complexity index is 2230. The van der Waals surface area contributed by atoms with Crippen LogP contribution in [0.5, 0.6) is 23.0 Å². The van der Waals surface area contributed by atoms with Gasteiger partial charge in [-0.15, -0.1) is 0 Å². The van der Waals surface area contributed by atoms with Crippen molar-refractivity contribution in [2.45, 2.75) is 26.9 Å². The van der Waals surface area contributed by atoms with Crippen LogP contribution in [0.25, 0.3) is 54.7 Å². The van der Waals surface area contributed by atoms with E-state index < -0.39 is 0 Å². The van der Waals surface area contributed by atoms with Crippen molar-refractivity contribution >= 4 is 55.0 Å². The van der Waals surface area contributed by atoms with Crippen LogP contribution in [0.4, 0.5) is 11.4 Å².